The van der Waals surface area contributed by atoms with Gasteiger partial charge in [0.15, 0.2) is 0 Å². The van der Waals surface area contributed by atoms with E-state index in [-0.39, 0.29) is 5.69 Å². The average Bonchev–Trinajstić information content (AvgIpc) is 2.78. The van der Waals surface area contributed by atoms with Gasteiger partial charge in [-0.05, 0) is 19.1 Å². The molecular formula is C10H10N4O3. The van der Waals surface area contributed by atoms with Gasteiger partial charge < -0.3 is 9.84 Å². The van der Waals surface area contributed by atoms with Gasteiger partial charge in [0.05, 0.1) is 4.92 Å². The fourth-order valence-corrected chi connectivity index (χ4v) is 1.30. The monoisotopic (exact) mass is 234 g/mol. The molecule has 2 aromatic rings. The molecule has 0 amide bonds. The number of nitro benzene ring substituents is 1. The molecule has 7 nitrogen and oxygen atoms in total. The van der Waals surface area contributed by atoms with Crippen molar-refractivity contribution < 1.29 is 9.45 Å². The van der Waals surface area contributed by atoms with Crippen molar-refractivity contribution in [1.29, 1.82) is 0 Å². The second kappa shape index (κ2) is 4.60. The summed E-state index contributed by atoms with van der Waals surface area (Å²) in [5.74, 6) is 0.399. The Balaban J connectivity index is 2.23. The van der Waals surface area contributed by atoms with E-state index in [2.05, 4.69) is 15.5 Å². The van der Waals surface area contributed by atoms with E-state index in [1.165, 1.54) is 12.1 Å². The summed E-state index contributed by atoms with van der Waals surface area (Å²) in [6.45, 7) is 2.59. The Morgan fingerprint density at radius 1 is 1.41 bits per heavy atom. The Labute approximate surface area is 96.6 Å². The van der Waals surface area contributed by atoms with E-state index in [1.807, 2.05) is 6.92 Å². The van der Waals surface area contributed by atoms with E-state index < -0.39 is 4.92 Å². The van der Waals surface area contributed by atoms with Crippen LogP contribution < -0.4 is 5.32 Å². The maximum Gasteiger partial charge on any atom is 0.321 e. The van der Waals surface area contributed by atoms with Crippen molar-refractivity contribution >= 4 is 11.7 Å². The number of nitrogens with zero attached hydrogens (tertiary/aromatic N) is 3. The van der Waals surface area contributed by atoms with Gasteiger partial charge in [-0.3, -0.25) is 10.1 Å². The van der Waals surface area contributed by atoms with E-state index in [1.54, 1.807) is 12.1 Å². The van der Waals surface area contributed by atoms with Crippen LogP contribution in [0, 0.1) is 10.1 Å². The number of nitro groups is 1. The van der Waals surface area contributed by atoms with Gasteiger partial charge in [-0.2, -0.15) is 4.98 Å². The van der Waals surface area contributed by atoms with E-state index in [0.29, 0.717) is 23.9 Å². The molecule has 0 fully saturated rings. The van der Waals surface area contributed by atoms with Crippen LogP contribution in [0.15, 0.2) is 28.8 Å². The Morgan fingerprint density at radius 2 is 2.12 bits per heavy atom. The zero-order valence-electron chi connectivity index (χ0n) is 9.08. The molecule has 0 saturated heterocycles. The molecule has 0 radical (unpaired) electrons. The molecular weight excluding hydrogens is 224 g/mol. The van der Waals surface area contributed by atoms with Gasteiger partial charge in [0.1, 0.15) is 0 Å². The summed E-state index contributed by atoms with van der Waals surface area (Å²) in [6.07, 6.45) is 0. The molecule has 1 heterocycles. The second-order valence-corrected chi connectivity index (χ2v) is 3.26. The van der Waals surface area contributed by atoms with E-state index in [4.69, 9.17) is 4.52 Å². The van der Waals surface area contributed by atoms with E-state index in [0.717, 1.165) is 0 Å². The highest BCUT2D eigenvalue weighted by Gasteiger charge is 2.10. The summed E-state index contributed by atoms with van der Waals surface area (Å²) in [5, 5.41) is 17.1. The van der Waals surface area contributed by atoms with E-state index >= 15 is 0 Å². The SMILES string of the molecule is CCNc1nc(-c2ccc([N+](=O)[O-])cc2)no1. The van der Waals surface area contributed by atoms with Crippen LogP contribution in [-0.2, 0) is 0 Å². The van der Waals surface area contributed by atoms with Gasteiger partial charge in [-0.15, -0.1) is 0 Å². The molecule has 0 aliphatic rings. The third-order valence-electron chi connectivity index (χ3n) is 2.09. The summed E-state index contributed by atoms with van der Waals surface area (Å²) in [4.78, 5) is 14.1. The predicted molar refractivity (Wildman–Crippen MR) is 60.6 cm³/mol. The van der Waals surface area contributed by atoms with Crippen molar-refractivity contribution in [3.63, 3.8) is 0 Å². The van der Waals surface area contributed by atoms with Crippen LogP contribution >= 0.6 is 0 Å². The Morgan fingerprint density at radius 3 is 2.71 bits per heavy atom. The molecule has 0 aliphatic carbocycles. The smallest absolute Gasteiger partial charge is 0.321 e. The lowest BCUT2D eigenvalue weighted by atomic mass is 10.2. The van der Waals surface area contributed by atoms with Gasteiger partial charge in [0.25, 0.3) is 5.69 Å². The van der Waals surface area contributed by atoms with Crippen molar-refractivity contribution in [2.75, 3.05) is 11.9 Å². The minimum atomic E-state index is -0.454. The molecule has 1 aromatic heterocycles. The van der Waals surface area contributed by atoms with Crippen molar-refractivity contribution in [3.05, 3.63) is 34.4 Å². The number of anilines is 1. The van der Waals surface area contributed by atoms with Gasteiger partial charge >= 0.3 is 6.01 Å². The van der Waals surface area contributed by atoms with Crippen molar-refractivity contribution in [2.45, 2.75) is 6.92 Å². The molecule has 0 unspecified atom stereocenters. The largest absolute Gasteiger partial charge is 0.338 e. The van der Waals surface area contributed by atoms with Crippen LogP contribution in [0.25, 0.3) is 11.4 Å². The summed E-state index contributed by atoms with van der Waals surface area (Å²) in [6, 6.07) is 6.30. The van der Waals surface area contributed by atoms with E-state index in [9.17, 15) is 10.1 Å². The van der Waals surface area contributed by atoms with Crippen LogP contribution in [0.1, 0.15) is 6.92 Å². The quantitative estimate of drug-likeness (QED) is 0.642. The van der Waals surface area contributed by atoms with Crippen LogP contribution in [0.4, 0.5) is 11.7 Å². The molecule has 1 N–H and O–H groups in total. The van der Waals surface area contributed by atoms with Crippen LogP contribution in [-0.4, -0.2) is 21.6 Å². The van der Waals surface area contributed by atoms with Gasteiger partial charge in [0, 0.05) is 24.2 Å². The Hall–Kier alpha value is -2.44. The molecule has 17 heavy (non-hydrogen) atoms. The van der Waals surface area contributed by atoms with Gasteiger partial charge in [-0.25, -0.2) is 0 Å². The highest BCUT2D eigenvalue weighted by Crippen LogP contribution is 2.20. The standard InChI is InChI=1S/C10H10N4O3/c1-2-11-10-12-9(13-17-10)7-3-5-8(6-4-7)14(15)16/h3-6H,2H2,1H3,(H,11,12,13). The first-order chi connectivity index (χ1) is 8.20. The lowest BCUT2D eigenvalue weighted by molar-refractivity contribution is -0.384. The minimum absolute atomic E-state index is 0.0316. The number of non-ortho nitro benzene ring substituents is 1. The summed E-state index contributed by atoms with van der Waals surface area (Å²) in [7, 11) is 0. The van der Waals surface area contributed by atoms with Crippen LogP contribution in [0.5, 0.6) is 0 Å². The lowest BCUT2D eigenvalue weighted by Gasteiger charge is -1.94. The zero-order valence-corrected chi connectivity index (χ0v) is 9.08. The Bertz CT molecular complexity index is 521. The topological polar surface area (TPSA) is 94.1 Å². The van der Waals surface area contributed by atoms with Gasteiger partial charge in [-0.1, -0.05) is 5.16 Å². The number of hydrogen-bond donors (Lipinski definition) is 1. The molecule has 0 saturated carbocycles. The predicted octanol–water partition coefficient (Wildman–Crippen LogP) is 2.08. The van der Waals surface area contributed by atoms with Crippen molar-refractivity contribution in [3.8, 4) is 11.4 Å². The molecule has 0 spiro atoms. The first-order valence-electron chi connectivity index (χ1n) is 5.03. The zero-order chi connectivity index (χ0) is 12.3. The number of nitrogens with one attached hydrogen (secondary N) is 1. The second-order valence-electron chi connectivity index (χ2n) is 3.26. The Kier molecular flexibility index (Phi) is 2.99. The third kappa shape index (κ3) is 2.39. The first kappa shape index (κ1) is 11.1. The van der Waals surface area contributed by atoms with Crippen molar-refractivity contribution in [2.24, 2.45) is 0 Å². The highest BCUT2D eigenvalue weighted by atomic mass is 16.6. The minimum Gasteiger partial charge on any atom is -0.338 e. The number of hydrogen-bond acceptors (Lipinski definition) is 6. The summed E-state index contributed by atoms with van der Waals surface area (Å²) < 4.78 is 4.93. The highest BCUT2D eigenvalue weighted by molar-refractivity contribution is 5.57. The molecule has 7 heteroatoms. The maximum atomic E-state index is 10.5. The summed E-state index contributed by atoms with van der Waals surface area (Å²) in [5.41, 5.74) is 0.702. The maximum absolute atomic E-state index is 10.5. The molecule has 1 aromatic carbocycles. The summed E-state index contributed by atoms with van der Waals surface area (Å²) >= 11 is 0. The lowest BCUT2D eigenvalue weighted by Crippen LogP contribution is -1.95. The molecule has 0 aliphatic heterocycles. The van der Waals surface area contributed by atoms with Crippen LogP contribution in [0.2, 0.25) is 0 Å². The first-order valence-corrected chi connectivity index (χ1v) is 5.03. The fraction of sp³-hybridized carbons (Fsp3) is 0.200. The van der Waals surface area contributed by atoms with Crippen molar-refractivity contribution in [1.82, 2.24) is 10.1 Å². The normalized spacial score (nSPS) is 10.2. The average molecular weight is 234 g/mol. The molecule has 0 atom stereocenters. The molecule has 88 valence electrons. The number of aromatic nitrogens is 2. The van der Waals surface area contributed by atoms with Gasteiger partial charge in [0.2, 0.25) is 5.82 Å². The molecule has 2 rings (SSSR count). The number of rotatable bonds is 4. The fourth-order valence-electron chi connectivity index (χ4n) is 1.30. The van der Waals surface area contributed by atoms with Crippen LogP contribution in [0.3, 0.4) is 0 Å². The number of benzene rings is 1. The molecule has 0 bridgehead atoms. The third-order valence-corrected chi connectivity index (χ3v) is 2.09.